The van der Waals surface area contributed by atoms with Gasteiger partial charge >= 0.3 is 6.01 Å². The number of hydrogen-bond donors (Lipinski definition) is 2. The number of benzene rings is 2. The molecule has 9 heteroatoms. The Labute approximate surface area is 215 Å². The number of fused-ring (bicyclic) bond motifs is 1. The predicted molar refractivity (Wildman–Crippen MR) is 142 cm³/mol. The Morgan fingerprint density at radius 1 is 1.08 bits per heavy atom. The molecule has 4 aromatic rings. The molecule has 1 aliphatic rings. The summed E-state index contributed by atoms with van der Waals surface area (Å²) in [5.41, 5.74) is 9.62. The van der Waals surface area contributed by atoms with Crippen molar-refractivity contribution in [3.05, 3.63) is 77.7 Å². The van der Waals surface area contributed by atoms with E-state index in [0.29, 0.717) is 11.3 Å². The Bertz CT molecular complexity index is 1420. The number of aromatic nitrogens is 3. The third-order valence-electron chi connectivity index (χ3n) is 6.74. The van der Waals surface area contributed by atoms with Gasteiger partial charge < -0.3 is 20.4 Å². The molecule has 3 heterocycles. The molecule has 2 aromatic heterocycles. The summed E-state index contributed by atoms with van der Waals surface area (Å²) >= 11 is 0. The first-order valence-corrected chi connectivity index (χ1v) is 12.5. The first kappa shape index (κ1) is 24.3. The second kappa shape index (κ2) is 11.1. The summed E-state index contributed by atoms with van der Waals surface area (Å²) in [6, 6.07) is 17.4. The number of ether oxygens (including phenoxy) is 1. The van der Waals surface area contributed by atoms with Gasteiger partial charge in [0.15, 0.2) is 0 Å². The zero-order chi connectivity index (χ0) is 25.6. The fourth-order valence-electron chi connectivity index (χ4n) is 4.69. The van der Waals surface area contributed by atoms with Gasteiger partial charge in [-0.05, 0) is 79.9 Å². The van der Waals surface area contributed by atoms with E-state index in [1.807, 2.05) is 42.5 Å². The number of amides is 1. The largest absolute Gasteiger partial charge is 0.424 e. The number of aromatic amines is 1. The van der Waals surface area contributed by atoms with Crippen LogP contribution in [0, 0.1) is 11.3 Å². The van der Waals surface area contributed by atoms with E-state index in [2.05, 4.69) is 37.0 Å². The normalized spacial score (nSPS) is 14.0. The molecule has 0 aliphatic carbocycles. The lowest BCUT2D eigenvalue weighted by Crippen LogP contribution is -2.46. The first-order valence-electron chi connectivity index (χ1n) is 12.5. The lowest BCUT2D eigenvalue weighted by atomic mass is 10.1. The Morgan fingerprint density at radius 3 is 2.65 bits per heavy atom. The predicted octanol–water partition coefficient (Wildman–Crippen LogP) is 3.87. The summed E-state index contributed by atoms with van der Waals surface area (Å²) in [5.74, 6) is -0.0193. The van der Waals surface area contributed by atoms with Crippen LogP contribution in [0.4, 0.5) is 5.69 Å². The molecule has 9 nitrogen and oxygen atoms in total. The molecule has 0 spiro atoms. The summed E-state index contributed by atoms with van der Waals surface area (Å²) in [6.45, 7) is 5.11. The molecule has 0 atom stereocenters. The summed E-state index contributed by atoms with van der Waals surface area (Å²) < 4.78 is 5.67. The van der Waals surface area contributed by atoms with Crippen LogP contribution >= 0.6 is 0 Å². The van der Waals surface area contributed by atoms with E-state index in [9.17, 15) is 10.1 Å². The molecule has 1 fully saturated rings. The topological polar surface area (TPSA) is 124 Å². The molecule has 5 rings (SSSR count). The first-order chi connectivity index (χ1) is 18.1. The number of carbonyl (C=O) groups excluding carboxylic acids is 1. The Hall–Kier alpha value is -4.42. The third kappa shape index (κ3) is 5.88. The molecule has 0 radical (unpaired) electrons. The molecule has 37 heavy (non-hydrogen) atoms. The monoisotopic (exact) mass is 495 g/mol. The van der Waals surface area contributed by atoms with Gasteiger partial charge in [-0.1, -0.05) is 0 Å². The molecular weight excluding hydrogens is 466 g/mol. The molecule has 0 saturated carbocycles. The van der Waals surface area contributed by atoms with Crippen molar-refractivity contribution in [2.24, 2.45) is 5.73 Å². The second-order valence-electron chi connectivity index (χ2n) is 9.16. The van der Waals surface area contributed by atoms with Crippen molar-refractivity contribution in [1.29, 1.82) is 5.26 Å². The third-order valence-corrected chi connectivity index (χ3v) is 6.74. The molecule has 3 N–H and O–H groups in total. The highest BCUT2D eigenvalue weighted by Gasteiger charge is 2.17. The Balaban J connectivity index is 1.06. The molecule has 1 aliphatic heterocycles. The SMILES string of the molecule is N#Cc1ccc2[nH]cc(CCCCN3CCN(c4ccc(Oc5nccc(C(N)=O)n5)cc4)CC3)c2c1. The van der Waals surface area contributed by atoms with Crippen molar-refractivity contribution in [2.45, 2.75) is 19.3 Å². The number of nitrogens with zero attached hydrogens (tertiary/aromatic N) is 5. The van der Waals surface area contributed by atoms with Crippen molar-refractivity contribution < 1.29 is 9.53 Å². The van der Waals surface area contributed by atoms with E-state index in [-0.39, 0.29) is 11.7 Å². The summed E-state index contributed by atoms with van der Waals surface area (Å²) in [4.78, 5) is 27.6. The zero-order valence-corrected chi connectivity index (χ0v) is 20.6. The minimum absolute atomic E-state index is 0.0919. The fraction of sp³-hybridized carbons (Fsp3) is 0.286. The van der Waals surface area contributed by atoms with Crippen molar-refractivity contribution >= 4 is 22.5 Å². The fourth-order valence-corrected chi connectivity index (χ4v) is 4.69. The van der Waals surface area contributed by atoms with Crippen molar-refractivity contribution in [1.82, 2.24) is 19.9 Å². The quantitative estimate of drug-likeness (QED) is 0.338. The van der Waals surface area contributed by atoms with Gasteiger partial charge in [0, 0.05) is 55.2 Å². The van der Waals surface area contributed by atoms with Gasteiger partial charge in [-0.3, -0.25) is 9.69 Å². The van der Waals surface area contributed by atoms with Gasteiger partial charge in [-0.15, -0.1) is 0 Å². The van der Waals surface area contributed by atoms with Crippen LogP contribution in [0.2, 0.25) is 0 Å². The maximum Gasteiger partial charge on any atom is 0.322 e. The standard InChI is InChI=1S/C28H29N7O2/c29-18-20-4-9-25-24(17-20)21(19-32-25)3-1-2-12-34-13-15-35(16-14-34)22-5-7-23(8-6-22)37-28-31-11-10-26(33-28)27(30)36/h4-11,17,19,32H,1-3,12-16H2,(H2,30,36). The Kier molecular flexibility index (Phi) is 7.28. The summed E-state index contributed by atoms with van der Waals surface area (Å²) in [6.07, 6.45) is 6.81. The molecule has 188 valence electrons. The smallest absolute Gasteiger partial charge is 0.322 e. The number of anilines is 1. The number of piperazine rings is 1. The molecule has 0 unspecified atom stereocenters. The number of nitriles is 1. The lowest BCUT2D eigenvalue weighted by Gasteiger charge is -2.36. The average molecular weight is 496 g/mol. The van der Waals surface area contributed by atoms with Crippen LogP contribution in [0.25, 0.3) is 10.9 Å². The number of H-pyrrole nitrogens is 1. The van der Waals surface area contributed by atoms with Crippen LogP contribution in [0.5, 0.6) is 11.8 Å². The lowest BCUT2D eigenvalue weighted by molar-refractivity contribution is 0.0994. The minimum atomic E-state index is -0.619. The minimum Gasteiger partial charge on any atom is -0.424 e. The van der Waals surface area contributed by atoms with Crippen LogP contribution in [0.3, 0.4) is 0 Å². The van der Waals surface area contributed by atoms with Gasteiger partial charge in [0.05, 0.1) is 11.6 Å². The number of primary amides is 1. The summed E-state index contributed by atoms with van der Waals surface area (Å²) in [7, 11) is 0. The van der Waals surface area contributed by atoms with Crippen LogP contribution in [0.15, 0.2) is 60.9 Å². The van der Waals surface area contributed by atoms with E-state index >= 15 is 0 Å². The molecule has 2 aromatic carbocycles. The van der Waals surface area contributed by atoms with E-state index in [0.717, 1.165) is 68.6 Å². The van der Waals surface area contributed by atoms with Crippen molar-refractivity contribution in [2.75, 3.05) is 37.6 Å². The molecule has 0 bridgehead atoms. The number of unbranched alkanes of at least 4 members (excludes halogenated alkanes) is 1. The maximum atomic E-state index is 11.3. The van der Waals surface area contributed by atoms with Gasteiger partial charge in [-0.25, -0.2) is 4.98 Å². The van der Waals surface area contributed by atoms with Crippen molar-refractivity contribution in [3.8, 4) is 17.8 Å². The van der Waals surface area contributed by atoms with Crippen molar-refractivity contribution in [3.63, 3.8) is 0 Å². The molecular formula is C28H29N7O2. The number of nitrogens with one attached hydrogen (secondary N) is 1. The highest BCUT2D eigenvalue weighted by Crippen LogP contribution is 2.24. The number of rotatable bonds is 9. The van der Waals surface area contributed by atoms with Gasteiger partial charge in [-0.2, -0.15) is 10.2 Å². The van der Waals surface area contributed by atoms with E-state index < -0.39 is 5.91 Å². The van der Waals surface area contributed by atoms with Crippen LogP contribution in [0.1, 0.15) is 34.5 Å². The van der Waals surface area contributed by atoms with Crippen LogP contribution in [-0.2, 0) is 6.42 Å². The number of hydrogen-bond acceptors (Lipinski definition) is 7. The average Bonchev–Trinajstić information content (AvgIpc) is 3.34. The van der Waals surface area contributed by atoms with Crippen LogP contribution in [-0.4, -0.2) is 58.5 Å². The highest BCUT2D eigenvalue weighted by molar-refractivity contribution is 5.90. The Morgan fingerprint density at radius 2 is 1.89 bits per heavy atom. The van der Waals surface area contributed by atoms with Gasteiger partial charge in [0.2, 0.25) is 0 Å². The summed E-state index contributed by atoms with van der Waals surface area (Å²) in [5, 5.41) is 10.3. The molecule has 1 saturated heterocycles. The molecule has 1 amide bonds. The zero-order valence-electron chi connectivity index (χ0n) is 20.6. The van der Waals surface area contributed by atoms with Crippen LogP contribution < -0.4 is 15.4 Å². The maximum absolute atomic E-state index is 11.3. The van der Waals surface area contributed by atoms with E-state index in [1.165, 1.54) is 17.8 Å². The number of aryl methyl sites for hydroxylation is 1. The van der Waals surface area contributed by atoms with E-state index in [1.54, 1.807) is 0 Å². The number of nitrogens with two attached hydrogens (primary N) is 1. The van der Waals surface area contributed by atoms with Gasteiger partial charge in [0.1, 0.15) is 11.4 Å². The second-order valence-corrected chi connectivity index (χ2v) is 9.16. The highest BCUT2D eigenvalue weighted by atomic mass is 16.5. The number of carbonyl (C=O) groups is 1. The van der Waals surface area contributed by atoms with E-state index in [4.69, 9.17) is 10.5 Å². The van der Waals surface area contributed by atoms with Gasteiger partial charge in [0.25, 0.3) is 5.91 Å².